The lowest BCUT2D eigenvalue weighted by Gasteiger charge is -2.24. The third-order valence-electron chi connectivity index (χ3n) is 5.63. The number of nitrogens with one attached hydrogen (secondary N) is 1. The fraction of sp³-hybridized carbons (Fsp3) is 0.304. The molecule has 0 unspecified atom stereocenters. The molecule has 0 bridgehead atoms. The molecule has 1 fully saturated rings. The van der Waals surface area contributed by atoms with Crippen LogP contribution in [0.5, 0.6) is 0 Å². The van der Waals surface area contributed by atoms with Crippen molar-refractivity contribution in [1.29, 1.82) is 0 Å². The zero-order valence-electron chi connectivity index (χ0n) is 16.5. The van der Waals surface area contributed by atoms with E-state index in [0.717, 1.165) is 23.7 Å². The third kappa shape index (κ3) is 4.36. The van der Waals surface area contributed by atoms with E-state index in [-0.39, 0.29) is 11.3 Å². The fourth-order valence-electron chi connectivity index (χ4n) is 3.99. The average Bonchev–Trinajstić information content (AvgIpc) is 3.10. The molecule has 152 valence electrons. The van der Waals surface area contributed by atoms with Crippen LogP contribution in [0.25, 0.3) is 10.8 Å². The first-order chi connectivity index (χ1) is 13.9. The van der Waals surface area contributed by atoms with Crippen LogP contribution in [0.1, 0.15) is 17.5 Å². The quantitative estimate of drug-likeness (QED) is 0.586. The van der Waals surface area contributed by atoms with E-state index < -0.39 is 10.0 Å². The van der Waals surface area contributed by atoms with Crippen molar-refractivity contribution < 1.29 is 8.42 Å². The van der Waals surface area contributed by atoms with Crippen molar-refractivity contribution in [2.24, 2.45) is 0 Å². The van der Waals surface area contributed by atoms with Crippen molar-refractivity contribution in [3.8, 4) is 0 Å². The highest BCUT2D eigenvalue weighted by molar-refractivity contribution is 7.89. The standard InChI is InChI=1S/C23H26N2O2S2/c1-17-6-2-3-9-20(17)14-24-15-21-13-22(28)16-25(21)29(26,27)23-11-10-18-7-4-5-8-19(18)12-23/h2-12,21-22,24,28H,13-16H2,1H3/t21-,22+/m0/s1. The molecule has 3 aromatic rings. The molecule has 1 saturated heterocycles. The summed E-state index contributed by atoms with van der Waals surface area (Å²) in [6.45, 7) is 3.87. The molecule has 1 aliphatic heterocycles. The number of aryl methyl sites for hydroxylation is 1. The van der Waals surface area contributed by atoms with Gasteiger partial charge in [-0.3, -0.25) is 0 Å². The minimum absolute atomic E-state index is 0.0514. The Hall–Kier alpha value is -1.86. The number of sulfonamides is 1. The lowest BCUT2D eigenvalue weighted by Crippen LogP contribution is -2.41. The molecule has 0 saturated carbocycles. The van der Waals surface area contributed by atoms with Crippen LogP contribution in [0.3, 0.4) is 0 Å². The van der Waals surface area contributed by atoms with Gasteiger partial charge in [0.2, 0.25) is 10.0 Å². The van der Waals surface area contributed by atoms with E-state index in [9.17, 15) is 8.42 Å². The molecule has 1 N–H and O–H groups in total. The highest BCUT2D eigenvalue weighted by atomic mass is 32.2. The summed E-state index contributed by atoms with van der Waals surface area (Å²) in [6, 6.07) is 21.3. The molecule has 3 aromatic carbocycles. The summed E-state index contributed by atoms with van der Waals surface area (Å²) in [5, 5.41) is 5.47. The Bertz CT molecular complexity index is 1110. The Morgan fingerprint density at radius 1 is 1.03 bits per heavy atom. The van der Waals surface area contributed by atoms with E-state index >= 15 is 0 Å². The summed E-state index contributed by atoms with van der Waals surface area (Å²) in [6.07, 6.45) is 0.747. The second-order valence-corrected chi connectivity index (χ2v) is 10.3. The maximum absolute atomic E-state index is 13.4. The predicted octanol–water partition coefficient (Wildman–Crippen LogP) is 4.00. The van der Waals surface area contributed by atoms with Gasteiger partial charge in [-0.15, -0.1) is 0 Å². The molecule has 1 aliphatic rings. The molecule has 4 nitrogen and oxygen atoms in total. The number of nitrogens with zero attached hydrogens (tertiary/aromatic N) is 1. The first-order valence-corrected chi connectivity index (χ1v) is 11.8. The van der Waals surface area contributed by atoms with E-state index in [1.807, 2.05) is 42.5 Å². The zero-order valence-corrected chi connectivity index (χ0v) is 18.2. The zero-order chi connectivity index (χ0) is 20.4. The maximum Gasteiger partial charge on any atom is 0.243 e. The number of hydrogen-bond donors (Lipinski definition) is 2. The van der Waals surface area contributed by atoms with E-state index in [4.69, 9.17) is 0 Å². The maximum atomic E-state index is 13.4. The Kier molecular flexibility index (Phi) is 5.97. The number of rotatable bonds is 6. The predicted molar refractivity (Wildman–Crippen MR) is 122 cm³/mol. The van der Waals surface area contributed by atoms with Crippen LogP contribution in [0.4, 0.5) is 0 Å². The lowest BCUT2D eigenvalue weighted by molar-refractivity contribution is 0.371. The van der Waals surface area contributed by atoms with Gasteiger partial charge in [0.1, 0.15) is 0 Å². The Balaban J connectivity index is 1.52. The molecule has 6 heteroatoms. The molecular formula is C23H26N2O2S2. The van der Waals surface area contributed by atoms with E-state index in [0.29, 0.717) is 18.0 Å². The normalized spacial score (nSPS) is 20.3. The Morgan fingerprint density at radius 3 is 2.55 bits per heavy atom. The van der Waals surface area contributed by atoms with E-state index in [1.165, 1.54) is 11.1 Å². The van der Waals surface area contributed by atoms with Gasteiger partial charge in [-0.25, -0.2) is 8.42 Å². The second kappa shape index (κ2) is 8.48. The van der Waals surface area contributed by atoms with Crippen LogP contribution in [-0.2, 0) is 16.6 Å². The van der Waals surface area contributed by atoms with Gasteiger partial charge in [0, 0.05) is 30.9 Å². The summed E-state index contributed by atoms with van der Waals surface area (Å²) in [5.74, 6) is 0. The number of thiol groups is 1. The molecule has 29 heavy (non-hydrogen) atoms. The Labute approximate surface area is 178 Å². The van der Waals surface area contributed by atoms with Crippen molar-refractivity contribution in [3.63, 3.8) is 0 Å². The minimum atomic E-state index is -3.57. The first kappa shape index (κ1) is 20.4. The molecule has 0 radical (unpaired) electrons. The molecule has 1 heterocycles. The van der Waals surface area contributed by atoms with Crippen molar-refractivity contribution in [3.05, 3.63) is 77.9 Å². The molecule has 4 rings (SSSR count). The minimum Gasteiger partial charge on any atom is -0.311 e. The number of fused-ring (bicyclic) bond motifs is 1. The largest absolute Gasteiger partial charge is 0.311 e. The third-order valence-corrected chi connectivity index (χ3v) is 7.91. The average molecular weight is 427 g/mol. The van der Waals surface area contributed by atoms with Gasteiger partial charge >= 0.3 is 0 Å². The fourth-order valence-corrected chi connectivity index (χ4v) is 6.23. The molecule has 0 aliphatic carbocycles. The van der Waals surface area contributed by atoms with Crippen molar-refractivity contribution in [2.45, 2.75) is 36.1 Å². The summed E-state index contributed by atoms with van der Waals surface area (Å²) >= 11 is 4.59. The lowest BCUT2D eigenvalue weighted by atomic mass is 10.1. The van der Waals surface area contributed by atoms with Gasteiger partial charge in [0.05, 0.1) is 4.90 Å². The molecule has 0 aromatic heterocycles. The van der Waals surface area contributed by atoms with Gasteiger partial charge in [0.25, 0.3) is 0 Å². The van der Waals surface area contributed by atoms with Crippen LogP contribution in [0.2, 0.25) is 0 Å². The Morgan fingerprint density at radius 2 is 1.76 bits per heavy atom. The van der Waals surface area contributed by atoms with Crippen LogP contribution < -0.4 is 5.32 Å². The smallest absolute Gasteiger partial charge is 0.243 e. The van der Waals surface area contributed by atoms with Gasteiger partial charge in [-0.1, -0.05) is 54.6 Å². The number of benzene rings is 3. The van der Waals surface area contributed by atoms with Gasteiger partial charge < -0.3 is 5.32 Å². The summed E-state index contributed by atoms with van der Waals surface area (Å²) in [7, 11) is -3.57. The van der Waals surface area contributed by atoms with Crippen LogP contribution in [0, 0.1) is 6.92 Å². The summed E-state index contributed by atoms with van der Waals surface area (Å²) < 4.78 is 28.4. The molecule has 0 spiro atoms. The van der Waals surface area contributed by atoms with Gasteiger partial charge in [-0.05, 0) is 47.4 Å². The summed E-state index contributed by atoms with van der Waals surface area (Å²) in [4.78, 5) is 0.350. The summed E-state index contributed by atoms with van der Waals surface area (Å²) in [5.41, 5.74) is 2.47. The van der Waals surface area contributed by atoms with Crippen LogP contribution in [0.15, 0.2) is 71.6 Å². The van der Waals surface area contributed by atoms with E-state index in [2.05, 4.69) is 37.0 Å². The highest BCUT2D eigenvalue weighted by Gasteiger charge is 2.38. The van der Waals surface area contributed by atoms with E-state index in [1.54, 1.807) is 16.4 Å². The van der Waals surface area contributed by atoms with Crippen molar-refractivity contribution in [1.82, 2.24) is 9.62 Å². The highest BCUT2D eigenvalue weighted by Crippen LogP contribution is 2.30. The molecule has 0 amide bonds. The second-order valence-electron chi connectivity index (χ2n) is 7.68. The monoisotopic (exact) mass is 426 g/mol. The molecule has 2 atom stereocenters. The van der Waals surface area contributed by atoms with Crippen LogP contribution >= 0.6 is 12.6 Å². The van der Waals surface area contributed by atoms with Gasteiger partial charge in [0.15, 0.2) is 0 Å². The molecular weight excluding hydrogens is 400 g/mol. The number of hydrogen-bond acceptors (Lipinski definition) is 4. The van der Waals surface area contributed by atoms with Crippen molar-refractivity contribution in [2.75, 3.05) is 13.1 Å². The topological polar surface area (TPSA) is 49.4 Å². The van der Waals surface area contributed by atoms with Gasteiger partial charge in [-0.2, -0.15) is 16.9 Å². The first-order valence-electron chi connectivity index (χ1n) is 9.89. The van der Waals surface area contributed by atoms with Crippen LogP contribution in [-0.4, -0.2) is 37.1 Å². The SMILES string of the molecule is Cc1ccccc1CNC[C@@H]1C[C@@H](S)CN1S(=O)(=O)c1ccc2ccccc2c1. The van der Waals surface area contributed by atoms with Crippen molar-refractivity contribution >= 4 is 33.4 Å².